The average molecular weight is 126 g/mol. The number of aliphatic carboxylic acids is 1. The van der Waals surface area contributed by atoms with Crippen molar-refractivity contribution in [3.05, 3.63) is 24.0 Å². The summed E-state index contributed by atoms with van der Waals surface area (Å²) in [5, 5.41) is 8.35. The minimum atomic E-state index is -0.930. The van der Waals surface area contributed by atoms with E-state index >= 15 is 0 Å². The summed E-state index contributed by atoms with van der Waals surface area (Å²) in [5.74, 6) is -0.930. The van der Waals surface area contributed by atoms with Crippen molar-refractivity contribution in [1.82, 2.24) is 10.9 Å². The lowest BCUT2D eigenvalue weighted by molar-refractivity contribution is -0.132. The van der Waals surface area contributed by atoms with Crippen LogP contribution in [0.15, 0.2) is 24.0 Å². The van der Waals surface area contributed by atoms with Gasteiger partial charge < -0.3 is 16.0 Å². The van der Waals surface area contributed by atoms with E-state index in [1.807, 2.05) is 0 Å². The lowest BCUT2D eigenvalue weighted by atomic mass is 10.3. The van der Waals surface area contributed by atoms with E-state index in [0.717, 1.165) is 0 Å². The minimum Gasteiger partial charge on any atom is -0.478 e. The summed E-state index contributed by atoms with van der Waals surface area (Å²) in [7, 11) is 0. The Morgan fingerprint density at radius 2 is 2.33 bits per heavy atom. The first-order valence-electron chi connectivity index (χ1n) is 2.42. The fraction of sp³-hybridized carbons (Fsp3) is 0. The van der Waals surface area contributed by atoms with Gasteiger partial charge in [-0.15, -0.1) is 0 Å². The van der Waals surface area contributed by atoms with Gasteiger partial charge in [0.2, 0.25) is 0 Å². The second-order valence-electron chi connectivity index (χ2n) is 1.53. The van der Waals surface area contributed by atoms with Gasteiger partial charge in [0, 0.05) is 12.4 Å². The number of carboxylic acid groups (broad SMARTS) is 1. The second-order valence-corrected chi connectivity index (χ2v) is 1.53. The third-order valence-corrected chi connectivity index (χ3v) is 0.904. The molecule has 48 valence electrons. The van der Waals surface area contributed by atoms with Crippen molar-refractivity contribution >= 4 is 5.97 Å². The molecular weight excluding hydrogens is 120 g/mol. The lowest BCUT2D eigenvalue weighted by Gasteiger charge is -2.05. The van der Waals surface area contributed by atoms with Crippen molar-refractivity contribution in [2.75, 3.05) is 0 Å². The monoisotopic (exact) mass is 126 g/mol. The smallest absolute Gasteiger partial charge is 0.337 e. The molecule has 4 nitrogen and oxygen atoms in total. The molecule has 0 fully saturated rings. The molecule has 0 saturated heterocycles. The average Bonchev–Trinajstić information content (AvgIpc) is 1.90. The summed E-state index contributed by atoms with van der Waals surface area (Å²) in [6, 6.07) is 0. The van der Waals surface area contributed by atoms with Gasteiger partial charge in [-0.05, 0) is 6.08 Å². The fourth-order valence-electron chi connectivity index (χ4n) is 0.480. The molecule has 1 rings (SSSR count). The van der Waals surface area contributed by atoms with Crippen molar-refractivity contribution < 1.29 is 9.90 Å². The maximum absolute atomic E-state index is 10.2. The number of carbonyl (C=O) groups is 1. The van der Waals surface area contributed by atoms with E-state index in [9.17, 15) is 4.79 Å². The topological polar surface area (TPSA) is 61.4 Å². The molecule has 1 aliphatic rings. The summed E-state index contributed by atoms with van der Waals surface area (Å²) in [6.45, 7) is 0. The zero-order valence-electron chi connectivity index (χ0n) is 4.59. The highest BCUT2D eigenvalue weighted by Gasteiger charge is 2.03. The van der Waals surface area contributed by atoms with Crippen LogP contribution < -0.4 is 10.9 Å². The van der Waals surface area contributed by atoms with Crippen LogP contribution >= 0.6 is 0 Å². The van der Waals surface area contributed by atoms with Crippen molar-refractivity contribution in [1.29, 1.82) is 0 Å². The van der Waals surface area contributed by atoms with Crippen molar-refractivity contribution in [2.45, 2.75) is 0 Å². The maximum atomic E-state index is 10.2. The Balaban J connectivity index is 2.69. The number of hydrogen-bond acceptors (Lipinski definition) is 3. The summed E-state index contributed by atoms with van der Waals surface area (Å²) in [6.07, 6.45) is 4.37. The zero-order chi connectivity index (χ0) is 6.69. The first kappa shape index (κ1) is 5.68. The van der Waals surface area contributed by atoms with Gasteiger partial charge in [-0.25, -0.2) is 4.79 Å². The fourth-order valence-corrected chi connectivity index (χ4v) is 0.480. The molecule has 9 heavy (non-hydrogen) atoms. The molecule has 0 spiro atoms. The van der Waals surface area contributed by atoms with Gasteiger partial charge in [0.15, 0.2) is 0 Å². The van der Waals surface area contributed by atoms with Crippen LogP contribution in [0.25, 0.3) is 0 Å². The van der Waals surface area contributed by atoms with E-state index in [0.29, 0.717) is 0 Å². The summed E-state index contributed by atoms with van der Waals surface area (Å²) in [4.78, 5) is 10.2. The molecule has 0 aromatic rings. The summed E-state index contributed by atoms with van der Waals surface area (Å²) < 4.78 is 0. The third-order valence-electron chi connectivity index (χ3n) is 0.904. The second kappa shape index (κ2) is 2.21. The highest BCUT2D eigenvalue weighted by atomic mass is 16.4. The molecule has 0 aliphatic carbocycles. The lowest BCUT2D eigenvalue weighted by Crippen LogP contribution is -2.25. The molecule has 0 saturated carbocycles. The maximum Gasteiger partial charge on any atom is 0.337 e. The molecule has 0 bridgehead atoms. The normalized spacial score (nSPS) is 15.3. The van der Waals surface area contributed by atoms with Crippen molar-refractivity contribution in [2.24, 2.45) is 0 Å². The third kappa shape index (κ3) is 1.22. The Morgan fingerprint density at radius 1 is 1.56 bits per heavy atom. The molecular formula is C5H6N2O2. The number of hydrogen-bond donors (Lipinski definition) is 3. The largest absolute Gasteiger partial charge is 0.478 e. The van der Waals surface area contributed by atoms with Crippen LogP contribution in [0.4, 0.5) is 0 Å². The molecule has 0 aromatic carbocycles. The molecule has 1 aliphatic heterocycles. The van der Waals surface area contributed by atoms with E-state index in [1.165, 1.54) is 18.5 Å². The number of rotatable bonds is 1. The van der Waals surface area contributed by atoms with E-state index in [-0.39, 0.29) is 5.57 Å². The molecule has 0 atom stereocenters. The molecule has 0 amide bonds. The van der Waals surface area contributed by atoms with Crippen LogP contribution in [0, 0.1) is 0 Å². The highest BCUT2D eigenvalue weighted by Crippen LogP contribution is 1.95. The van der Waals surface area contributed by atoms with Crippen molar-refractivity contribution in [3.63, 3.8) is 0 Å². The first-order chi connectivity index (χ1) is 4.30. The molecule has 1 heterocycles. The van der Waals surface area contributed by atoms with Crippen LogP contribution in [0.3, 0.4) is 0 Å². The number of nitrogens with one attached hydrogen (secondary N) is 2. The predicted octanol–water partition coefficient (Wildman–Crippen LogP) is -0.424. The molecule has 0 radical (unpaired) electrons. The Bertz CT molecular complexity index is 183. The molecule has 3 N–H and O–H groups in total. The Labute approximate surface area is 51.8 Å². The van der Waals surface area contributed by atoms with Crippen LogP contribution in [0.2, 0.25) is 0 Å². The van der Waals surface area contributed by atoms with Crippen LogP contribution in [0.1, 0.15) is 0 Å². The van der Waals surface area contributed by atoms with Gasteiger partial charge in [-0.3, -0.25) is 0 Å². The number of carboxylic acids is 1. The first-order valence-corrected chi connectivity index (χ1v) is 2.42. The Morgan fingerprint density at radius 3 is 2.67 bits per heavy atom. The van der Waals surface area contributed by atoms with Gasteiger partial charge in [0.25, 0.3) is 0 Å². The zero-order valence-corrected chi connectivity index (χ0v) is 4.59. The van der Waals surface area contributed by atoms with Gasteiger partial charge in [-0.2, -0.15) is 0 Å². The van der Waals surface area contributed by atoms with E-state index in [2.05, 4.69) is 10.9 Å². The van der Waals surface area contributed by atoms with E-state index in [4.69, 9.17) is 5.11 Å². The molecule has 0 unspecified atom stereocenters. The van der Waals surface area contributed by atoms with Gasteiger partial charge in [0.1, 0.15) is 0 Å². The van der Waals surface area contributed by atoms with Crippen LogP contribution in [-0.2, 0) is 4.79 Å². The standard InChI is InChI=1S/C5H6N2O2/c8-5(9)4-1-2-6-7-3-4/h1-3,6-7H,(H,8,9). The predicted molar refractivity (Wildman–Crippen MR) is 31.1 cm³/mol. The van der Waals surface area contributed by atoms with Gasteiger partial charge in [-0.1, -0.05) is 0 Å². The van der Waals surface area contributed by atoms with E-state index < -0.39 is 5.97 Å². The SMILES string of the molecule is O=C(O)C1=CNNC=C1. The Kier molecular flexibility index (Phi) is 1.40. The number of hydrazine groups is 1. The van der Waals surface area contributed by atoms with Gasteiger partial charge >= 0.3 is 5.97 Å². The summed E-state index contributed by atoms with van der Waals surface area (Å²) >= 11 is 0. The highest BCUT2D eigenvalue weighted by molar-refractivity contribution is 5.89. The molecule has 4 heteroatoms. The van der Waals surface area contributed by atoms with Crippen LogP contribution in [0.5, 0.6) is 0 Å². The van der Waals surface area contributed by atoms with Crippen LogP contribution in [-0.4, -0.2) is 11.1 Å². The van der Waals surface area contributed by atoms with Crippen molar-refractivity contribution in [3.8, 4) is 0 Å². The molecule has 0 aromatic heterocycles. The quantitative estimate of drug-likeness (QED) is 0.446. The Hall–Kier alpha value is -1.45. The summed E-state index contributed by atoms with van der Waals surface area (Å²) in [5.41, 5.74) is 5.38. The van der Waals surface area contributed by atoms with E-state index in [1.54, 1.807) is 0 Å². The minimum absolute atomic E-state index is 0.244. The van der Waals surface area contributed by atoms with Gasteiger partial charge in [0.05, 0.1) is 5.57 Å².